The normalized spacial score (nSPS) is 11.6. The highest BCUT2D eigenvalue weighted by Gasteiger charge is 2.26. The highest BCUT2D eigenvalue weighted by atomic mass is 79.9. The lowest BCUT2D eigenvalue weighted by atomic mass is 9.86. The Balaban J connectivity index is 0.000000117. The van der Waals surface area contributed by atoms with Crippen LogP contribution in [-0.4, -0.2) is 4.92 Å². The third kappa shape index (κ3) is 18.2. The standard InChI is InChI=1S/C17H18Br2.C15H11N.C14H10F2.C14H11NO2.C14H12.C13H12O.C11H10/c1-11-9-14(18)16(15(19)10-11)12-5-7-13(8-6-12)17(2,3)4;1-10-3-4-11-8-12-9-13(16-2)5-6-14(12)15(11)7-10;1-8-12(15)7-10-6-9-4-2-3-5-11(9)13(10)14(8)16;1-9-2-3-10-7-11-4-5-12(15(16)17)8-14(11)13(10)6-9;1-10-6-7-12-9-11-4-2-3-5-13(11)14(12)8-10;1-11-7-9-13(10-8-11)14-12-5-3-2-4-6-12;1-9-6-7-10-4-2-3-5-11(10)8-9/h5-10H,1-4H3;3-7,9H,8H2,1H3;2-5,7H,6H2,1H3;2-6,8H,7H2,1H3;2-8H,9H2,1H3;2-10H,1H3;2-8H,1H3. The van der Waals surface area contributed by atoms with Crippen molar-refractivity contribution in [2.75, 3.05) is 0 Å². The second-order valence-electron chi connectivity index (χ2n) is 28.9. The maximum absolute atomic E-state index is 14.0. The molecule has 5 nitrogen and oxygen atoms in total. The Morgan fingerprint density at radius 2 is 0.841 bits per heavy atom. The molecule has 0 unspecified atom stereocenters. The molecule has 0 radical (unpaired) electrons. The van der Waals surface area contributed by atoms with Crippen LogP contribution in [0.15, 0.2) is 288 Å². The molecule has 0 saturated heterocycles. The Hall–Kier alpha value is -11.2. The van der Waals surface area contributed by atoms with Crippen molar-refractivity contribution in [3.63, 3.8) is 0 Å². The molecule has 0 atom stereocenters. The Morgan fingerprint density at radius 1 is 0.393 bits per heavy atom. The number of aryl methyl sites for hydroxylation is 6. The van der Waals surface area contributed by atoms with E-state index in [0.717, 1.165) is 73.2 Å². The molecule has 0 fully saturated rings. The van der Waals surface area contributed by atoms with Crippen LogP contribution < -0.4 is 4.74 Å². The van der Waals surface area contributed by atoms with Crippen molar-refractivity contribution in [3.8, 4) is 67.1 Å². The highest BCUT2D eigenvalue weighted by Crippen LogP contribution is 2.44. The Kier molecular flexibility index (Phi) is 23.7. The second-order valence-corrected chi connectivity index (χ2v) is 30.6. The molecule has 18 rings (SSSR count). The fraction of sp³-hybridized carbons (Fsp3) is 0.153. The van der Waals surface area contributed by atoms with Crippen molar-refractivity contribution >= 4 is 54.0 Å². The maximum atomic E-state index is 14.0. The molecule has 0 heterocycles. The van der Waals surface area contributed by atoms with Crippen molar-refractivity contribution in [1.29, 1.82) is 0 Å². The number of non-ortho nitro benzene ring substituents is 1. The molecule has 9 heteroatoms. The molecule has 0 N–H and O–H groups in total. The van der Waals surface area contributed by atoms with Crippen LogP contribution >= 0.6 is 31.9 Å². The summed E-state index contributed by atoms with van der Waals surface area (Å²) >= 11 is 7.33. The summed E-state index contributed by atoms with van der Waals surface area (Å²) in [5.41, 5.74) is 31.6. The number of nitro groups is 1. The molecule has 4 aliphatic rings. The van der Waals surface area contributed by atoms with E-state index in [-0.39, 0.29) is 21.6 Å². The summed E-state index contributed by atoms with van der Waals surface area (Å²) in [6, 6.07) is 94.4. The van der Waals surface area contributed by atoms with Gasteiger partial charge in [-0.3, -0.25) is 10.1 Å². The summed E-state index contributed by atoms with van der Waals surface area (Å²) in [6.45, 7) is 27.8. The summed E-state index contributed by atoms with van der Waals surface area (Å²) in [5.74, 6) is 0.877. The summed E-state index contributed by atoms with van der Waals surface area (Å²) in [6.07, 6.45) is 3.57. The zero-order valence-corrected chi connectivity index (χ0v) is 65.2. The topological polar surface area (TPSA) is 56.7 Å². The lowest BCUT2D eigenvalue weighted by Gasteiger charge is -2.19. The van der Waals surface area contributed by atoms with Gasteiger partial charge in [0.1, 0.15) is 23.1 Å². The lowest BCUT2D eigenvalue weighted by molar-refractivity contribution is -0.384. The Morgan fingerprint density at radius 3 is 1.42 bits per heavy atom. The zero-order chi connectivity index (χ0) is 75.6. The third-order valence-electron chi connectivity index (χ3n) is 19.7. The second kappa shape index (κ2) is 33.5. The Bertz CT molecular complexity index is 5630. The van der Waals surface area contributed by atoms with Gasteiger partial charge in [-0.1, -0.05) is 305 Å². The van der Waals surface area contributed by atoms with Gasteiger partial charge < -0.3 is 4.74 Å². The molecule has 14 aromatic carbocycles. The van der Waals surface area contributed by atoms with Gasteiger partial charge >= 0.3 is 0 Å². The summed E-state index contributed by atoms with van der Waals surface area (Å²) in [4.78, 5) is 13.9. The predicted molar refractivity (Wildman–Crippen MR) is 448 cm³/mol. The molecule has 0 aliphatic heterocycles. The fourth-order valence-electron chi connectivity index (χ4n) is 14.0. The van der Waals surface area contributed by atoms with Crippen LogP contribution in [0.25, 0.3) is 71.3 Å². The van der Waals surface area contributed by atoms with Crippen molar-refractivity contribution in [3.05, 3.63) is 410 Å². The van der Waals surface area contributed by atoms with E-state index in [1.165, 1.54) is 129 Å². The van der Waals surface area contributed by atoms with Gasteiger partial charge in [0.05, 0.1) is 11.5 Å². The number of para-hydroxylation sites is 1. The zero-order valence-electron chi connectivity index (χ0n) is 62.0. The molecule has 14 aromatic rings. The molecular formula is C98H84Br2F2N2O3. The van der Waals surface area contributed by atoms with Crippen molar-refractivity contribution in [2.45, 2.75) is 100 Å². The van der Waals surface area contributed by atoms with Crippen molar-refractivity contribution < 1.29 is 18.4 Å². The van der Waals surface area contributed by atoms with E-state index in [1.54, 1.807) is 12.1 Å². The smallest absolute Gasteiger partial charge is 0.270 e. The van der Waals surface area contributed by atoms with Gasteiger partial charge in [-0.05, 0) is 233 Å². The maximum Gasteiger partial charge on any atom is 0.270 e. The number of nitro benzene ring substituents is 1. The summed E-state index contributed by atoms with van der Waals surface area (Å²) in [5, 5.41) is 13.4. The minimum Gasteiger partial charge on any atom is -0.457 e. The number of rotatable bonds is 4. The SMILES string of the molecule is Cc1c(F)cc2c(c1F)-c1ccccc1C2.Cc1cc(Br)c(-c2ccc(C(C)(C)C)cc2)c(Br)c1.Cc1ccc(Oc2ccccc2)cc1.Cc1ccc2c(c1)-c1cc([N+](=O)[O-])ccc1C2.Cc1ccc2c(c1)-c1ccccc1C2.Cc1ccc2ccccc2c1.[C-]#[N+]c1ccc2c(c1)Cc1ccc(C)cc1-2. The molecule has 532 valence electrons. The molecule has 107 heavy (non-hydrogen) atoms. The largest absolute Gasteiger partial charge is 0.457 e. The number of nitrogens with zero attached hydrogens (tertiary/aromatic N) is 2. The van der Waals surface area contributed by atoms with E-state index in [9.17, 15) is 18.9 Å². The molecule has 0 spiro atoms. The van der Waals surface area contributed by atoms with Gasteiger partial charge in [0.15, 0.2) is 5.69 Å². The van der Waals surface area contributed by atoms with E-state index in [2.05, 4.69) is 256 Å². The first-order valence-corrected chi connectivity index (χ1v) is 37.6. The molecule has 0 bridgehead atoms. The lowest BCUT2D eigenvalue weighted by Crippen LogP contribution is -2.10. The van der Waals surface area contributed by atoms with Crippen LogP contribution in [0.1, 0.15) is 110 Å². The first kappa shape index (κ1) is 75.5. The first-order valence-electron chi connectivity index (χ1n) is 36.0. The number of hydrogen-bond acceptors (Lipinski definition) is 3. The van der Waals surface area contributed by atoms with Crippen LogP contribution in [-0.2, 0) is 31.1 Å². The van der Waals surface area contributed by atoms with Crippen LogP contribution in [0.5, 0.6) is 11.5 Å². The molecular weight excluding hydrogens is 1450 g/mol. The predicted octanol–water partition coefficient (Wildman–Crippen LogP) is 28.4. The van der Waals surface area contributed by atoms with E-state index in [4.69, 9.17) is 11.3 Å². The molecule has 0 saturated carbocycles. The van der Waals surface area contributed by atoms with Crippen LogP contribution in [0, 0.1) is 76.8 Å². The number of fused-ring (bicyclic) bond motifs is 13. The van der Waals surface area contributed by atoms with E-state index >= 15 is 0 Å². The van der Waals surface area contributed by atoms with Crippen LogP contribution in [0.4, 0.5) is 20.2 Å². The minimum atomic E-state index is -0.455. The summed E-state index contributed by atoms with van der Waals surface area (Å²) in [7, 11) is 0. The number of ether oxygens (including phenoxy) is 1. The van der Waals surface area contributed by atoms with Gasteiger partial charge in [-0.2, -0.15) is 0 Å². The molecule has 0 aromatic heterocycles. The van der Waals surface area contributed by atoms with Crippen LogP contribution in [0.2, 0.25) is 0 Å². The minimum absolute atomic E-state index is 0.107. The number of halogens is 4. The molecule has 0 amide bonds. The van der Waals surface area contributed by atoms with Gasteiger partial charge in [-0.15, -0.1) is 0 Å². The number of benzene rings is 14. The number of hydrogen-bond donors (Lipinski definition) is 0. The summed E-state index contributed by atoms with van der Waals surface area (Å²) < 4.78 is 35.3. The fourth-order valence-corrected chi connectivity index (χ4v) is 15.8. The van der Waals surface area contributed by atoms with Crippen LogP contribution in [0.3, 0.4) is 0 Å². The van der Waals surface area contributed by atoms with E-state index in [0.29, 0.717) is 12.0 Å². The van der Waals surface area contributed by atoms with E-state index in [1.807, 2.05) is 104 Å². The van der Waals surface area contributed by atoms with Gasteiger partial charge in [0.2, 0.25) is 0 Å². The third-order valence-corrected chi connectivity index (χ3v) is 20.9. The Labute approximate surface area is 645 Å². The van der Waals surface area contributed by atoms with Crippen molar-refractivity contribution in [1.82, 2.24) is 0 Å². The highest BCUT2D eigenvalue weighted by molar-refractivity contribution is 9.11. The molecule has 4 aliphatic carbocycles. The van der Waals surface area contributed by atoms with Gasteiger partial charge in [0, 0.05) is 37.8 Å². The van der Waals surface area contributed by atoms with Gasteiger partial charge in [-0.25, -0.2) is 13.6 Å². The monoisotopic (exact) mass is 1530 g/mol. The quantitative estimate of drug-likeness (QED) is 0.100. The van der Waals surface area contributed by atoms with E-state index < -0.39 is 11.6 Å². The van der Waals surface area contributed by atoms with Crippen molar-refractivity contribution in [2.24, 2.45) is 0 Å². The first-order chi connectivity index (χ1) is 51.4. The van der Waals surface area contributed by atoms with Gasteiger partial charge in [0.25, 0.3) is 5.69 Å². The average Bonchev–Trinajstić information content (AvgIpc) is 1.63. The average molecular weight is 1540 g/mol.